The number of nitrogens with one attached hydrogen (secondary N) is 1. The second-order valence-electron chi connectivity index (χ2n) is 5.59. The van der Waals surface area contributed by atoms with Crippen LogP contribution in [0.25, 0.3) is 0 Å². The number of hydrogen-bond donors (Lipinski definition) is 2. The van der Waals surface area contributed by atoms with Crippen LogP contribution >= 0.6 is 0 Å². The van der Waals surface area contributed by atoms with E-state index >= 15 is 0 Å². The summed E-state index contributed by atoms with van der Waals surface area (Å²) < 4.78 is 5.24. The molecule has 0 heterocycles. The molecule has 2 aromatic carbocycles. The van der Waals surface area contributed by atoms with Gasteiger partial charge in [-0.1, -0.05) is 18.2 Å². The maximum absolute atomic E-state index is 12.3. The Bertz CT molecular complexity index is 768. The highest BCUT2D eigenvalue weighted by molar-refractivity contribution is 5.95. The van der Waals surface area contributed by atoms with Gasteiger partial charge < -0.3 is 15.2 Å². The summed E-state index contributed by atoms with van der Waals surface area (Å²) >= 11 is 0. The number of ether oxygens (including phenoxy) is 1. The van der Waals surface area contributed by atoms with E-state index in [-0.39, 0.29) is 11.5 Å². The third-order valence-electron chi connectivity index (χ3n) is 4.06. The Balaban J connectivity index is 2.02. The fourth-order valence-electron chi connectivity index (χ4n) is 2.49. The number of carboxylic acids is 1. The molecule has 0 spiro atoms. The molecule has 2 N–H and O–H groups in total. The number of amides is 1. The van der Waals surface area contributed by atoms with Gasteiger partial charge in [0.05, 0.1) is 12.7 Å². The molecule has 0 radical (unpaired) electrons. The predicted molar refractivity (Wildman–Crippen MR) is 91.9 cm³/mol. The molecule has 2 aromatic rings. The summed E-state index contributed by atoms with van der Waals surface area (Å²) in [5.74, 6) is -0.601. The van der Waals surface area contributed by atoms with Gasteiger partial charge in [0, 0.05) is 12.1 Å². The molecular weight excluding hydrogens is 306 g/mol. The van der Waals surface area contributed by atoms with Gasteiger partial charge in [-0.2, -0.15) is 0 Å². The minimum Gasteiger partial charge on any atom is -0.496 e. The van der Waals surface area contributed by atoms with E-state index < -0.39 is 5.97 Å². The third-order valence-corrected chi connectivity index (χ3v) is 4.06. The van der Waals surface area contributed by atoms with E-state index in [9.17, 15) is 9.59 Å². The van der Waals surface area contributed by atoms with Crippen LogP contribution in [0.5, 0.6) is 5.75 Å². The van der Waals surface area contributed by atoms with Crippen molar-refractivity contribution in [3.05, 3.63) is 64.2 Å². The van der Waals surface area contributed by atoms with E-state index in [2.05, 4.69) is 5.32 Å². The number of carbonyl (C=O) groups excluding carboxylic acids is 1. The summed E-state index contributed by atoms with van der Waals surface area (Å²) in [6.07, 6.45) is 0.555. The van der Waals surface area contributed by atoms with Crippen LogP contribution in [0.2, 0.25) is 0 Å². The lowest BCUT2D eigenvalue weighted by Crippen LogP contribution is -2.26. The van der Waals surface area contributed by atoms with Gasteiger partial charge in [-0.05, 0) is 55.2 Å². The first-order valence-corrected chi connectivity index (χ1v) is 7.68. The molecule has 0 unspecified atom stereocenters. The lowest BCUT2D eigenvalue weighted by molar-refractivity contribution is 0.0696. The molecule has 0 aliphatic carbocycles. The van der Waals surface area contributed by atoms with Crippen LogP contribution in [0.15, 0.2) is 36.4 Å². The van der Waals surface area contributed by atoms with Gasteiger partial charge in [-0.15, -0.1) is 0 Å². The van der Waals surface area contributed by atoms with E-state index in [1.165, 1.54) is 19.2 Å². The number of hydrogen-bond acceptors (Lipinski definition) is 3. The highest BCUT2D eigenvalue weighted by atomic mass is 16.5. The Kier molecular flexibility index (Phi) is 5.58. The minimum atomic E-state index is -0.997. The van der Waals surface area contributed by atoms with E-state index in [1.807, 2.05) is 26.0 Å². The van der Waals surface area contributed by atoms with Gasteiger partial charge >= 0.3 is 5.97 Å². The zero-order valence-electron chi connectivity index (χ0n) is 14.1. The fraction of sp³-hybridized carbons (Fsp3) is 0.263. The van der Waals surface area contributed by atoms with Crippen LogP contribution in [-0.2, 0) is 6.42 Å². The average molecular weight is 327 g/mol. The van der Waals surface area contributed by atoms with Gasteiger partial charge in [-0.25, -0.2) is 4.79 Å². The number of carbonyl (C=O) groups is 2. The smallest absolute Gasteiger partial charge is 0.335 e. The van der Waals surface area contributed by atoms with Gasteiger partial charge in [0.1, 0.15) is 5.75 Å². The lowest BCUT2D eigenvalue weighted by atomic mass is 10.0. The van der Waals surface area contributed by atoms with E-state index in [4.69, 9.17) is 9.84 Å². The Morgan fingerprint density at radius 2 is 1.92 bits per heavy atom. The zero-order valence-corrected chi connectivity index (χ0v) is 14.1. The van der Waals surface area contributed by atoms with Crippen molar-refractivity contribution < 1.29 is 19.4 Å². The molecular formula is C19H21NO4. The zero-order chi connectivity index (χ0) is 17.7. The Morgan fingerprint density at radius 1 is 1.17 bits per heavy atom. The highest BCUT2D eigenvalue weighted by Gasteiger charge is 2.11. The maximum atomic E-state index is 12.3. The number of rotatable bonds is 6. The standard InChI is InChI=1S/C19H21NO4/c1-12-5-4-6-16(13(12)2)18(21)20-10-9-14-7-8-15(19(22)23)11-17(14)24-3/h4-8,11H,9-10H2,1-3H3,(H,20,21)(H,22,23). The topological polar surface area (TPSA) is 75.6 Å². The number of methoxy groups -OCH3 is 1. The quantitative estimate of drug-likeness (QED) is 0.855. The molecule has 24 heavy (non-hydrogen) atoms. The molecule has 0 aromatic heterocycles. The number of aromatic carboxylic acids is 1. The summed E-state index contributed by atoms with van der Waals surface area (Å²) in [4.78, 5) is 23.3. The highest BCUT2D eigenvalue weighted by Crippen LogP contribution is 2.21. The number of carboxylic acid groups (broad SMARTS) is 1. The van der Waals surface area contributed by atoms with Crippen molar-refractivity contribution in [1.82, 2.24) is 5.32 Å². The summed E-state index contributed by atoms with van der Waals surface area (Å²) in [7, 11) is 1.50. The van der Waals surface area contributed by atoms with Crippen molar-refractivity contribution in [3.63, 3.8) is 0 Å². The Morgan fingerprint density at radius 3 is 2.58 bits per heavy atom. The Labute approximate surface area is 141 Å². The average Bonchev–Trinajstić information content (AvgIpc) is 2.57. The first-order valence-electron chi connectivity index (χ1n) is 7.68. The summed E-state index contributed by atoms with van der Waals surface area (Å²) in [5, 5.41) is 11.9. The third kappa shape index (κ3) is 3.93. The van der Waals surface area contributed by atoms with Crippen LogP contribution in [-0.4, -0.2) is 30.6 Å². The van der Waals surface area contributed by atoms with E-state index in [1.54, 1.807) is 12.1 Å². The second-order valence-corrected chi connectivity index (χ2v) is 5.59. The molecule has 5 nitrogen and oxygen atoms in total. The largest absolute Gasteiger partial charge is 0.496 e. The molecule has 0 aliphatic rings. The van der Waals surface area contributed by atoms with Crippen molar-refractivity contribution in [2.24, 2.45) is 0 Å². The van der Waals surface area contributed by atoms with E-state index in [0.717, 1.165) is 16.7 Å². The van der Waals surface area contributed by atoms with Gasteiger partial charge in [0.15, 0.2) is 0 Å². The number of aryl methyl sites for hydroxylation is 1. The molecule has 0 aliphatic heterocycles. The van der Waals surface area contributed by atoms with Gasteiger partial charge in [0.2, 0.25) is 0 Å². The normalized spacial score (nSPS) is 10.3. The maximum Gasteiger partial charge on any atom is 0.335 e. The molecule has 2 rings (SSSR count). The first kappa shape index (κ1) is 17.5. The van der Waals surface area contributed by atoms with E-state index in [0.29, 0.717) is 24.3 Å². The molecule has 126 valence electrons. The van der Waals surface area contributed by atoms with Crippen LogP contribution in [0.3, 0.4) is 0 Å². The molecule has 0 bridgehead atoms. The van der Waals surface area contributed by atoms with Crippen molar-refractivity contribution in [1.29, 1.82) is 0 Å². The predicted octanol–water partition coefficient (Wildman–Crippen LogP) is 2.98. The molecule has 0 fully saturated rings. The molecule has 5 heteroatoms. The summed E-state index contributed by atoms with van der Waals surface area (Å²) in [5.41, 5.74) is 3.74. The summed E-state index contributed by atoms with van der Waals surface area (Å²) in [6, 6.07) is 10.4. The van der Waals surface area contributed by atoms with Crippen LogP contribution in [0.1, 0.15) is 37.4 Å². The van der Waals surface area contributed by atoms with Crippen molar-refractivity contribution in [2.75, 3.05) is 13.7 Å². The van der Waals surface area contributed by atoms with Crippen LogP contribution < -0.4 is 10.1 Å². The number of benzene rings is 2. The van der Waals surface area contributed by atoms with Gasteiger partial charge in [0.25, 0.3) is 5.91 Å². The first-order chi connectivity index (χ1) is 11.4. The Hall–Kier alpha value is -2.82. The fourth-order valence-corrected chi connectivity index (χ4v) is 2.49. The lowest BCUT2D eigenvalue weighted by Gasteiger charge is -2.12. The molecule has 1 amide bonds. The minimum absolute atomic E-state index is 0.114. The van der Waals surface area contributed by atoms with Crippen LogP contribution in [0, 0.1) is 13.8 Å². The van der Waals surface area contributed by atoms with Crippen molar-refractivity contribution in [3.8, 4) is 5.75 Å². The molecule has 0 atom stereocenters. The van der Waals surface area contributed by atoms with Gasteiger partial charge in [-0.3, -0.25) is 4.79 Å². The monoisotopic (exact) mass is 327 g/mol. The SMILES string of the molecule is COc1cc(C(=O)O)ccc1CCNC(=O)c1cccc(C)c1C. The molecule has 0 saturated heterocycles. The molecule has 0 saturated carbocycles. The summed E-state index contributed by atoms with van der Waals surface area (Å²) in [6.45, 7) is 4.34. The van der Waals surface area contributed by atoms with Crippen LogP contribution in [0.4, 0.5) is 0 Å². The van der Waals surface area contributed by atoms with Crippen molar-refractivity contribution >= 4 is 11.9 Å². The second kappa shape index (κ2) is 7.64. The van der Waals surface area contributed by atoms with Crippen molar-refractivity contribution in [2.45, 2.75) is 20.3 Å².